The molecule has 1 fully saturated rings. The van der Waals surface area contributed by atoms with Gasteiger partial charge in [0.15, 0.2) is 0 Å². The summed E-state index contributed by atoms with van der Waals surface area (Å²) in [5, 5.41) is 3.66. The molecule has 5 nitrogen and oxygen atoms in total. The number of benzene rings is 2. The number of rotatable bonds is 5. The first kappa shape index (κ1) is 21.8. The van der Waals surface area contributed by atoms with E-state index in [-0.39, 0.29) is 24.4 Å². The van der Waals surface area contributed by atoms with Gasteiger partial charge in [-0.3, -0.25) is 4.79 Å². The quantitative estimate of drug-likeness (QED) is 0.765. The number of piperidine rings is 1. The van der Waals surface area contributed by atoms with E-state index in [0.29, 0.717) is 29.3 Å². The van der Waals surface area contributed by atoms with E-state index in [1.807, 2.05) is 38.1 Å². The van der Waals surface area contributed by atoms with Gasteiger partial charge in [-0.05, 0) is 68.5 Å². The molecule has 1 aliphatic rings. The third-order valence-corrected chi connectivity index (χ3v) is 7.70. The fraction of sp³-hybridized carbons (Fsp3) is 0.409. The average Bonchev–Trinajstić information content (AvgIpc) is 2.70. The molecule has 1 amide bonds. The van der Waals surface area contributed by atoms with Crippen molar-refractivity contribution >= 4 is 27.5 Å². The van der Waals surface area contributed by atoms with Crippen molar-refractivity contribution in [2.24, 2.45) is 5.92 Å². The number of nitrogens with zero attached hydrogens (tertiary/aromatic N) is 1. The molecule has 0 aliphatic carbocycles. The zero-order valence-electron chi connectivity index (χ0n) is 17.0. The first-order chi connectivity index (χ1) is 13.7. The Hall–Kier alpha value is -1.89. The lowest BCUT2D eigenvalue weighted by atomic mass is 9.98. The van der Waals surface area contributed by atoms with E-state index in [9.17, 15) is 13.2 Å². The number of carbonyl (C=O) groups is 1. The Bertz CT molecular complexity index is 990. The van der Waals surface area contributed by atoms with Gasteiger partial charge in [0.2, 0.25) is 15.9 Å². The molecule has 1 saturated heterocycles. The third kappa shape index (κ3) is 5.00. The zero-order chi connectivity index (χ0) is 21.2. The van der Waals surface area contributed by atoms with Crippen LogP contribution >= 0.6 is 11.6 Å². The molecule has 0 aromatic heterocycles. The van der Waals surface area contributed by atoms with Crippen molar-refractivity contribution in [2.45, 2.75) is 44.6 Å². The molecule has 0 radical (unpaired) electrons. The molecule has 1 heterocycles. The second kappa shape index (κ2) is 8.86. The number of hydrogen-bond acceptors (Lipinski definition) is 3. The minimum Gasteiger partial charge on any atom is -0.349 e. The average molecular weight is 435 g/mol. The predicted molar refractivity (Wildman–Crippen MR) is 115 cm³/mol. The highest BCUT2D eigenvalue weighted by atomic mass is 35.5. The first-order valence-electron chi connectivity index (χ1n) is 9.81. The van der Waals surface area contributed by atoms with Gasteiger partial charge in [-0.1, -0.05) is 35.9 Å². The van der Waals surface area contributed by atoms with Crippen LogP contribution in [0.2, 0.25) is 5.02 Å². The molecule has 0 saturated carbocycles. The Morgan fingerprint density at radius 2 is 1.86 bits per heavy atom. The van der Waals surface area contributed by atoms with Crippen LogP contribution in [-0.4, -0.2) is 31.7 Å². The highest BCUT2D eigenvalue weighted by molar-refractivity contribution is 7.89. The van der Waals surface area contributed by atoms with Crippen LogP contribution in [0.3, 0.4) is 0 Å². The number of hydrogen-bond donors (Lipinski definition) is 1. The lowest BCUT2D eigenvalue weighted by Gasteiger charge is -2.32. The fourth-order valence-electron chi connectivity index (χ4n) is 3.67. The number of halogens is 1. The number of aryl methyl sites for hydroxylation is 2. The monoisotopic (exact) mass is 434 g/mol. The van der Waals surface area contributed by atoms with Crippen molar-refractivity contribution in [1.82, 2.24) is 9.62 Å². The van der Waals surface area contributed by atoms with Crippen LogP contribution in [0.4, 0.5) is 0 Å². The summed E-state index contributed by atoms with van der Waals surface area (Å²) in [6.45, 7) is 6.23. The van der Waals surface area contributed by atoms with Gasteiger partial charge >= 0.3 is 0 Å². The Morgan fingerprint density at radius 1 is 1.17 bits per heavy atom. The Morgan fingerprint density at radius 3 is 2.55 bits per heavy atom. The van der Waals surface area contributed by atoms with Gasteiger partial charge in [-0.15, -0.1) is 0 Å². The highest BCUT2D eigenvalue weighted by Crippen LogP contribution is 2.27. The number of sulfonamides is 1. The zero-order valence-corrected chi connectivity index (χ0v) is 18.6. The van der Waals surface area contributed by atoms with E-state index in [2.05, 4.69) is 5.32 Å². The van der Waals surface area contributed by atoms with Crippen LogP contribution in [-0.2, 0) is 14.8 Å². The van der Waals surface area contributed by atoms with Crippen LogP contribution in [0.5, 0.6) is 0 Å². The Labute approximate surface area is 178 Å². The smallest absolute Gasteiger partial charge is 0.243 e. The summed E-state index contributed by atoms with van der Waals surface area (Å²) >= 11 is 5.92. The number of nitrogens with one attached hydrogen (secondary N) is 1. The third-order valence-electron chi connectivity index (χ3n) is 5.45. The number of amides is 1. The van der Waals surface area contributed by atoms with E-state index in [0.717, 1.165) is 16.7 Å². The summed E-state index contributed by atoms with van der Waals surface area (Å²) < 4.78 is 27.8. The van der Waals surface area contributed by atoms with Crippen LogP contribution in [0.15, 0.2) is 47.4 Å². The summed E-state index contributed by atoms with van der Waals surface area (Å²) in [5.74, 6) is -0.480. The molecule has 0 spiro atoms. The predicted octanol–water partition coefficient (Wildman–Crippen LogP) is 4.23. The lowest BCUT2D eigenvalue weighted by molar-refractivity contribution is -0.126. The largest absolute Gasteiger partial charge is 0.349 e. The van der Waals surface area contributed by atoms with E-state index >= 15 is 0 Å². The molecule has 156 valence electrons. The minimum atomic E-state index is -3.63. The van der Waals surface area contributed by atoms with Gasteiger partial charge in [-0.25, -0.2) is 8.42 Å². The van der Waals surface area contributed by atoms with Crippen molar-refractivity contribution in [3.05, 3.63) is 64.2 Å². The van der Waals surface area contributed by atoms with Gasteiger partial charge in [0.1, 0.15) is 0 Å². The Kier molecular flexibility index (Phi) is 6.66. The van der Waals surface area contributed by atoms with Gasteiger partial charge in [0.25, 0.3) is 0 Å². The molecule has 29 heavy (non-hydrogen) atoms. The van der Waals surface area contributed by atoms with Crippen LogP contribution in [0, 0.1) is 19.8 Å². The molecule has 0 unspecified atom stereocenters. The summed E-state index contributed by atoms with van der Waals surface area (Å²) in [7, 11) is -3.63. The minimum absolute atomic E-state index is 0.117. The molecule has 2 atom stereocenters. The van der Waals surface area contributed by atoms with Crippen LogP contribution in [0.1, 0.15) is 42.5 Å². The van der Waals surface area contributed by atoms with Crippen molar-refractivity contribution in [2.75, 3.05) is 13.1 Å². The summed E-state index contributed by atoms with van der Waals surface area (Å²) in [6, 6.07) is 12.6. The molecule has 3 rings (SSSR count). The molecule has 2 aromatic rings. The van der Waals surface area contributed by atoms with Crippen molar-refractivity contribution < 1.29 is 13.2 Å². The van der Waals surface area contributed by atoms with E-state index in [4.69, 9.17) is 11.6 Å². The molecule has 1 aliphatic heterocycles. The van der Waals surface area contributed by atoms with Crippen LogP contribution in [0.25, 0.3) is 0 Å². The second-order valence-electron chi connectivity index (χ2n) is 7.75. The number of carbonyl (C=O) groups excluding carboxylic acids is 1. The first-order valence-corrected chi connectivity index (χ1v) is 11.6. The summed E-state index contributed by atoms with van der Waals surface area (Å²) in [4.78, 5) is 13.1. The van der Waals surface area contributed by atoms with Gasteiger partial charge in [0, 0.05) is 18.1 Å². The van der Waals surface area contributed by atoms with Gasteiger partial charge in [-0.2, -0.15) is 4.31 Å². The molecule has 1 N–H and O–H groups in total. The fourth-order valence-corrected chi connectivity index (χ4v) is 5.62. The van der Waals surface area contributed by atoms with E-state index < -0.39 is 10.0 Å². The molecular weight excluding hydrogens is 408 g/mol. The van der Waals surface area contributed by atoms with Crippen molar-refractivity contribution in [3.8, 4) is 0 Å². The summed E-state index contributed by atoms with van der Waals surface area (Å²) in [5.41, 5.74) is 2.58. The maximum Gasteiger partial charge on any atom is 0.243 e. The van der Waals surface area contributed by atoms with Crippen LogP contribution < -0.4 is 5.32 Å². The second-order valence-corrected chi connectivity index (χ2v) is 10.1. The van der Waals surface area contributed by atoms with E-state index in [1.54, 1.807) is 25.1 Å². The van der Waals surface area contributed by atoms with Crippen molar-refractivity contribution in [3.63, 3.8) is 0 Å². The maximum atomic E-state index is 13.2. The normalized spacial score (nSPS) is 19.0. The molecule has 2 aromatic carbocycles. The molecular formula is C22H27ClN2O3S. The summed E-state index contributed by atoms with van der Waals surface area (Å²) in [6.07, 6.45) is 1.34. The Balaban J connectivity index is 1.72. The molecule has 7 heteroatoms. The van der Waals surface area contributed by atoms with Gasteiger partial charge < -0.3 is 5.32 Å². The van der Waals surface area contributed by atoms with Crippen molar-refractivity contribution in [1.29, 1.82) is 0 Å². The topological polar surface area (TPSA) is 66.5 Å². The van der Waals surface area contributed by atoms with Gasteiger partial charge in [0.05, 0.1) is 16.9 Å². The highest BCUT2D eigenvalue weighted by Gasteiger charge is 2.34. The SMILES string of the molecule is Cc1ccc(C)c(S(=O)(=O)N2CCC[C@H](C(=O)N[C@H](C)c3ccc(Cl)cc3)C2)c1. The van der Waals surface area contributed by atoms with E-state index in [1.165, 1.54) is 4.31 Å². The standard InChI is InChI=1S/C22H27ClN2O3S/c1-15-6-7-16(2)21(13-15)29(27,28)25-12-4-5-19(14-25)22(26)24-17(3)18-8-10-20(23)11-9-18/h6-11,13,17,19H,4-5,12,14H2,1-3H3,(H,24,26)/t17-,19+/m1/s1. The lowest BCUT2D eigenvalue weighted by Crippen LogP contribution is -2.45. The maximum absolute atomic E-state index is 13.2. The molecule has 0 bridgehead atoms.